The lowest BCUT2D eigenvalue weighted by Crippen LogP contribution is -2.45. The van der Waals surface area contributed by atoms with Crippen LogP contribution in [0.2, 0.25) is 5.02 Å². The lowest BCUT2D eigenvalue weighted by Gasteiger charge is -2.36. The summed E-state index contributed by atoms with van der Waals surface area (Å²) in [4.78, 5) is 2.35. The molecule has 19 heavy (non-hydrogen) atoms. The van der Waals surface area contributed by atoms with Crippen LogP contribution in [-0.4, -0.2) is 31.1 Å². The highest BCUT2D eigenvalue weighted by Gasteiger charge is 2.27. The van der Waals surface area contributed by atoms with Crippen molar-refractivity contribution in [2.75, 3.05) is 26.2 Å². The van der Waals surface area contributed by atoms with Crippen molar-refractivity contribution in [3.8, 4) is 0 Å². The molecule has 2 nitrogen and oxygen atoms in total. The Morgan fingerprint density at radius 2 is 2.00 bits per heavy atom. The quantitative estimate of drug-likeness (QED) is 0.911. The van der Waals surface area contributed by atoms with Crippen molar-refractivity contribution in [1.29, 1.82) is 0 Å². The van der Waals surface area contributed by atoms with Gasteiger partial charge in [-0.05, 0) is 24.5 Å². The number of hydrogen-bond donors (Lipinski definition) is 1. The van der Waals surface area contributed by atoms with E-state index in [4.69, 9.17) is 11.6 Å². The highest BCUT2D eigenvalue weighted by atomic mass is 35.5. The summed E-state index contributed by atoms with van der Waals surface area (Å²) >= 11 is 6.24. The smallest absolute Gasteiger partial charge is 0.129 e. The minimum atomic E-state index is -0.184. The van der Waals surface area contributed by atoms with Gasteiger partial charge in [0.2, 0.25) is 0 Å². The van der Waals surface area contributed by atoms with Gasteiger partial charge in [-0.15, -0.1) is 0 Å². The summed E-state index contributed by atoms with van der Waals surface area (Å²) in [5.41, 5.74) is 0.666. The maximum Gasteiger partial charge on any atom is 0.129 e. The van der Waals surface area contributed by atoms with Gasteiger partial charge in [0.05, 0.1) is 0 Å². The first-order valence-electron chi connectivity index (χ1n) is 6.98. The molecule has 0 radical (unpaired) electrons. The summed E-state index contributed by atoms with van der Waals surface area (Å²) in [6.45, 7) is 8.15. The van der Waals surface area contributed by atoms with Crippen molar-refractivity contribution >= 4 is 11.6 Å². The van der Waals surface area contributed by atoms with E-state index in [0.717, 1.165) is 32.6 Å². The molecule has 2 rings (SSSR count). The van der Waals surface area contributed by atoms with E-state index < -0.39 is 0 Å². The van der Waals surface area contributed by atoms with Crippen LogP contribution < -0.4 is 5.32 Å². The molecule has 1 aromatic rings. The van der Waals surface area contributed by atoms with Crippen LogP contribution in [0.4, 0.5) is 4.39 Å². The average molecular weight is 285 g/mol. The molecule has 1 N–H and O–H groups in total. The van der Waals surface area contributed by atoms with Gasteiger partial charge in [0.15, 0.2) is 0 Å². The van der Waals surface area contributed by atoms with E-state index in [1.807, 2.05) is 0 Å². The minimum Gasteiger partial charge on any atom is -0.314 e. The van der Waals surface area contributed by atoms with E-state index in [1.54, 1.807) is 12.1 Å². The summed E-state index contributed by atoms with van der Waals surface area (Å²) < 4.78 is 14.2. The third-order valence-electron chi connectivity index (χ3n) is 3.62. The standard InChI is InChI=1S/C15H22ClFN2/c1-11(2)10-14(19-8-6-18-7-9-19)15-12(16)4-3-5-13(15)17/h3-5,11,14,18H,6-10H2,1-2H3/t14-/m1/s1. The Labute approximate surface area is 119 Å². The third kappa shape index (κ3) is 3.68. The number of nitrogens with zero attached hydrogens (tertiary/aromatic N) is 1. The van der Waals surface area contributed by atoms with Crippen LogP contribution >= 0.6 is 11.6 Å². The second kappa shape index (κ2) is 6.69. The Kier molecular flexibility index (Phi) is 5.20. The van der Waals surface area contributed by atoms with E-state index in [9.17, 15) is 4.39 Å². The SMILES string of the molecule is CC(C)C[C@H](c1c(F)cccc1Cl)N1CCNCC1. The molecule has 1 aromatic carbocycles. The first-order valence-corrected chi connectivity index (χ1v) is 7.36. The van der Waals surface area contributed by atoms with E-state index in [-0.39, 0.29) is 11.9 Å². The van der Waals surface area contributed by atoms with Crippen molar-refractivity contribution in [2.45, 2.75) is 26.3 Å². The van der Waals surface area contributed by atoms with Crippen molar-refractivity contribution in [1.82, 2.24) is 10.2 Å². The molecule has 1 atom stereocenters. The van der Waals surface area contributed by atoms with Gasteiger partial charge >= 0.3 is 0 Å². The molecule has 0 bridgehead atoms. The van der Waals surface area contributed by atoms with Crippen molar-refractivity contribution in [3.05, 3.63) is 34.6 Å². The molecule has 0 aromatic heterocycles. The molecular formula is C15H22ClFN2. The molecule has 1 heterocycles. The highest BCUT2D eigenvalue weighted by molar-refractivity contribution is 6.31. The largest absolute Gasteiger partial charge is 0.314 e. The number of hydrogen-bond acceptors (Lipinski definition) is 2. The van der Waals surface area contributed by atoms with Gasteiger partial charge in [-0.1, -0.05) is 31.5 Å². The van der Waals surface area contributed by atoms with Gasteiger partial charge in [-0.3, -0.25) is 4.90 Å². The molecule has 1 saturated heterocycles. The van der Waals surface area contributed by atoms with Crippen LogP contribution in [0.3, 0.4) is 0 Å². The van der Waals surface area contributed by atoms with Gasteiger partial charge in [-0.2, -0.15) is 0 Å². The number of halogens is 2. The molecule has 4 heteroatoms. The van der Waals surface area contributed by atoms with E-state index in [0.29, 0.717) is 16.5 Å². The zero-order chi connectivity index (χ0) is 13.8. The number of benzene rings is 1. The van der Waals surface area contributed by atoms with Crippen LogP contribution in [0, 0.1) is 11.7 Å². The number of nitrogens with one attached hydrogen (secondary N) is 1. The van der Waals surface area contributed by atoms with Crippen LogP contribution in [0.15, 0.2) is 18.2 Å². The Hall–Kier alpha value is -0.640. The van der Waals surface area contributed by atoms with Gasteiger partial charge < -0.3 is 5.32 Å². The Morgan fingerprint density at radius 3 is 2.58 bits per heavy atom. The van der Waals surface area contributed by atoms with Crippen molar-refractivity contribution < 1.29 is 4.39 Å². The summed E-state index contributed by atoms with van der Waals surface area (Å²) in [7, 11) is 0. The topological polar surface area (TPSA) is 15.3 Å². The molecule has 0 saturated carbocycles. The van der Waals surface area contributed by atoms with E-state index in [1.165, 1.54) is 6.07 Å². The fourth-order valence-electron chi connectivity index (χ4n) is 2.72. The lowest BCUT2D eigenvalue weighted by molar-refractivity contribution is 0.151. The van der Waals surface area contributed by atoms with E-state index in [2.05, 4.69) is 24.1 Å². The summed E-state index contributed by atoms with van der Waals surface area (Å²) in [6.07, 6.45) is 0.931. The van der Waals surface area contributed by atoms with Crippen LogP contribution in [0.5, 0.6) is 0 Å². The maximum atomic E-state index is 14.2. The first kappa shape index (κ1) is 14.8. The Balaban J connectivity index is 2.30. The Bertz CT molecular complexity index is 396. The molecule has 1 fully saturated rings. The monoisotopic (exact) mass is 284 g/mol. The normalized spacial score (nSPS) is 18.8. The summed E-state index contributed by atoms with van der Waals surface area (Å²) in [5.74, 6) is 0.326. The fourth-order valence-corrected chi connectivity index (χ4v) is 3.01. The molecule has 1 aliphatic heterocycles. The lowest BCUT2D eigenvalue weighted by atomic mass is 9.94. The summed E-state index contributed by atoms with van der Waals surface area (Å²) in [5, 5.41) is 3.88. The van der Waals surface area contributed by atoms with Gasteiger partial charge in [0.1, 0.15) is 5.82 Å². The van der Waals surface area contributed by atoms with Crippen LogP contribution in [0.25, 0.3) is 0 Å². The minimum absolute atomic E-state index is 0.0794. The maximum absolute atomic E-state index is 14.2. The van der Waals surface area contributed by atoms with Gasteiger partial charge in [0, 0.05) is 42.8 Å². The second-order valence-electron chi connectivity index (χ2n) is 5.57. The van der Waals surface area contributed by atoms with Crippen molar-refractivity contribution in [3.63, 3.8) is 0 Å². The fraction of sp³-hybridized carbons (Fsp3) is 0.600. The zero-order valence-corrected chi connectivity index (χ0v) is 12.4. The van der Waals surface area contributed by atoms with Crippen LogP contribution in [-0.2, 0) is 0 Å². The molecule has 0 spiro atoms. The molecule has 1 aliphatic rings. The van der Waals surface area contributed by atoms with Gasteiger partial charge in [0.25, 0.3) is 0 Å². The predicted molar refractivity (Wildman–Crippen MR) is 78.0 cm³/mol. The van der Waals surface area contributed by atoms with Gasteiger partial charge in [-0.25, -0.2) is 4.39 Å². The zero-order valence-electron chi connectivity index (χ0n) is 11.6. The predicted octanol–water partition coefficient (Wildman–Crippen LogP) is 3.47. The molecule has 106 valence electrons. The number of piperazine rings is 1. The molecule has 0 unspecified atom stereocenters. The average Bonchev–Trinajstić information content (AvgIpc) is 2.38. The molecule has 0 aliphatic carbocycles. The Morgan fingerprint density at radius 1 is 1.32 bits per heavy atom. The molecule has 0 amide bonds. The van der Waals surface area contributed by atoms with E-state index >= 15 is 0 Å². The number of rotatable bonds is 4. The van der Waals surface area contributed by atoms with Crippen molar-refractivity contribution in [2.24, 2.45) is 5.92 Å². The second-order valence-corrected chi connectivity index (χ2v) is 5.97. The highest BCUT2D eigenvalue weighted by Crippen LogP contribution is 2.34. The van der Waals surface area contributed by atoms with Crippen LogP contribution in [0.1, 0.15) is 31.9 Å². The first-order chi connectivity index (χ1) is 9.09. The third-order valence-corrected chi connectivity index (χ3v) is 3.95. The molecular weight excluding hydrogens is 263 g/mol. The summed E-state index contributed by atoms with van der Waals surface area (Å²) in [6, 6.07) is 5.05.